The van der Waals surface area contributed by atoms with E-state index in [0.29, 0.717) is 6.42 Å². The van der Waals surface area contributed by atoms with E-state index >= 15 is 0 Å². The van der Waals surface area contributed by atoms with Gasteiger partial charge >= 0.3 is 5.97 Å². The van der Waals surface area contributed by atoms with Crippen LogP contribution in [0.2, 0.25) is 0 Å². The molecule has 0 spiro atoms. The summed E-state index contributed by atoms with van der Waals surface area (Å²) in [6.45, 7) is 3.36. The standard InChI is InChI=1S/C7H14O3/c1-4-7(2,5-8)6(9)10-3/h8H,4-5H2,1-3H3. The molecule has 3 nitrogen and oxygen atoms in total. The van der Waals surface area contributed by atoms with Crippen LogP contribution < -0.4 is 0 Å². The van der Waals surface area contributed by atoms with E-state index in [-0.39, 0.29) is 12.6 Å². The third-order valence-electron chi connectivity index (χ3n) is 1.81. The van der Waals surface area contributed by atoms with Gasteiger partial charge in [0.1, 0.15) is 0 Å². The number of carbonyl (C=O) groups is 1. The molecule has 0 aromatic carbocycles. The Hall–Kier alpha value is -0.570. The number of esters is 1. The molecule has 0 aliphatic carbocycles. The highest BCUT2D eigenvalue weighted by Crippen LogP contribution is 2.21. The summed E-state index contributed by atoms with van der Waals surface area (Å²) in [5, 5.41) is 8.79. The van der Waals surface area contributed by atoms with Crippen molar-refractivity contribution in [1.29, 1.82) is 0 Å². The summed E-state index contributed by atoms with van der Waals surface area (Å²) in [4.78, 5) is 10.9. The van der Waals surface area contributed by atoms with Crippen LogP contribution in [0.3, 0.4) is 0 Å². The van der Waals surface area contributed by atoms with Gasteiger partial charge in [0.25, 0.3) is 0 Å². The van der Waals surface area contributed by atoms with Crippen LogP contribution in [-0.4, -0.2) is 24.8 Å². The molecule has 1 N–H and O–H groups in total. The molecule has 1 atom stereocenters. The van der Waals surface area contributed by atoms with E-state index in [1.165, 1.54) is 7.11 Å². The monoisotopic (exact) mass is 146 g/mol. The molecule has 0 amide bonds. The molecular formula is C7H14O3. The number of rotatable bonds is 3. The summed E-state index contributed by atoms with van der Waals surface area (Å²) in [6, 6.07) is 0. The minimum absolute atomic E-state index is 0.157. The summed E-state index contributed by atoms with van der Waals surface area (Å²) >= 11 is 0. The SMILES string of the molecule is CCC(C)(CO)C(=O)OC. The van der Waals surface area contributed by atoms with Gasteiger partial charge in [0.15, 0.2) is 0 Å². The molecule has 1 unspecified atom stereocenters. The van der Waals surface area contributed by atoms with Crippen molar-refractivity contribution in [2.45, 2.75) is 20.3 Å². The molecule has 3 heteroatoms. The molecule has 10 heavy (non-hydrogen) atoms. The molecule has 0 saturated heterocycles. The number of methoxy groups -OCH3 is 1. The summed E-state index contributed by atoms with van der Waals surface area (Å²) in [6.07, 6.45) is 0.593. The first kappa shape index (κ1) is 9.43. The lowest BCUT2D eigenvalue weighted by Crippen LogP contribution is -2.31. The van der Waals surface area contributed by atoms with E-state index < -0.39 is 5.41 Å². The van der Waals surface area contributed by atoms with Crippen molar-refractivity contribution in [3.05, 3.63) is 0 Å². The minimum Gasteiger partial charge on any atom is -0.469 e. The first-order chi connectivity index (χ1) is 4.60. The van der Waals surface area contributed by atoms with Crippen LogP contribution in [0.5, 0.6) is 0 Å². The first-order valence-electron chi connectivity index (χ1n) is 3.30. The van der Waals surface area contributed by atoms with Gasteiger partial charge in [-0.25, -0.2) is 0 Å². The molecule has 0 bridgehead atoms. The molecule has 0 heterocycles. The van der Waals surface area contributed by atoms with Gasteiger partial charge in [0.2, 0.25) is 0 Å². The Labute approximate surface area is 61.0 Å². The van der Waals surface area contributed by atoms with Crippen LogP contribution in [0.4, 0.5) is 0 Å². The maximum atomic E-state index is 10.9. The number of ether oxygens (including phenoxy) is 1. The van der Waals surface area contributed by atoms with Gasteiger partial charge in [-0.3, -0.25) is 4.79 Å². The second kappa shape index (κ2) is 3.56. The average Bonchev–Trinajstić information content (AvgIpc) is 2.01. The fourth-order valence-corrected chi connectivity index (χ4v) is 0.567. The van der Waals surface area contributed by atoms with Crippen LogP contribution in [0.25, 0.3) is 0 Å². The quantitative estimate of drug-likeness (QED) is 0.592. The van der Waals surface area contributed by atoms with Crippen molar-refractivity contribution >= 4 is 5.97 Å². The van der Waals surface area contributed by atoms with Crippen molar-refractivity contribution in [3.8, 4) is 0 Å². The van der Waals surface area contributed by atoms with Gasteiger partial charge in [-0.05, 0) is 13.3 Å². The van der Waals surface area contributed by atoms with Crippen molar-refractivity contribution in [2.24, 2.45) is 5.41 Å². The fraction of sp³-hybridized carbons (Fsp3) is 0.857. The van der Waals surface area contributed by atoms with Crippen molar-refractivity contribution in [2.75, 3.05) is 13.7 Å². The third kappa shape index (κ3) is 1.70. The molecule has 0 aliphatic rings. The highest BCUT2D eigenvalue weighted by Gasteiger charge is 2.31. The van der Waals surface area contributed by atoms with Gasteiger partial charge < -0.3 is 9.84 Å². The molecule has 0 rings (SSSR count). The second-order valence-electron chi connectivity index (χ2n) is 2.56. The Kier molecular flexibility index (Phi) is 3.36. The number of carbonyl (C=O) groups excluding carboxylic acids is 1. The zero-order chi connectivity index (χ0) is 8.20. The van der Waals surface area contributed by atoms with E-state index in [2.05, 4.69) is 4.74 Å². The number of hydrogen-bond donors (Lipinski definition) is 1. The molecule has 0 aromatic heterocycles. The Bertz CT molecular complexity index is 116. The summed E-state index contributed by atoms with van der Waals surface area (Å²) in [5.74, 6) is -0.350. The number of aliphatic hydroxyl groups excluding tert-OH is 1. The fourth-order valence-electron chi connectivity index (χ4n) is 0.567. The van der Waals surface area contributed by atoms with Crippen molar-refractivity contribution in [3.63, 3.8) is 0 Å². The lowest BCUT2D eigenvalue weighted by molar-refractivity contribution is -0.154. The molecule has 0 fully saturated rings. The molecule has 60 valence electrons. The van der Waals surface area contributed by atoms with Gasteiger partial charge in [0, 0.05) is 0 Å². The Morgan fingerprint density at radius 1 is 1.70 bits per heavy atom. The summed E-state index contributed by atoms with van der Waals surface area (Å²) in [5.41, 5.74) is -0.714. The number of aliphatic hydroxyl groups is 1. The normalized spacial score (nSPS) is 16.0. The molecule has 0 aliphatic heterocycles. The highest BCUT2D eigenvalue weighted by atomic mass is 16.5. The first-order valence-corrected chi connectivity index (χ1v) is 3.30. The molecular weight excluding hydrogens is 132 g/mol. The van der Waals surface area contributed by atoms with Gasteiger partial charge in [-0.2, -0.15) is 0 Å². The van der Waals surface area contributed by atoms with E-state index in [9.17, 15) is 4.79 Å². The lowest BCUT2D eigenvalue weighted by Gasteiger charge is -2.21. The third-order valence-corrected chi connectivity index (χ3v) is 1.81. The van der Waals surface area contributed by atoms with Crippen molar-refractivity contribution < 1.29 is 14.6 Å². The molecule has 0 aromatic rings. The zero-order valence-corrected chi connectivity index (χ0v) is 6.68. The van der Waals surface area contributed by atoms with Crippen LogP contribution in [0.1, 0.15) is 20.3 Å². The van der Waals surface area contributed by atoms with Crippen molar-refractivity contribution in [1.82, 2.24) is 0 Å². The molecule has 0 saturated carbocycles. The Morgan fingerprint density at radius 3 is 2.30 bits per heavy atom. The van der Waals surface area contributed by atoms with Gasteiger partial charge in [-0.15, -0.1) is 0 Å². The Balaban J connectivity index is 4.17. The summed E-state index contributed by atoms with van der Waals surface area (Å²) in [7, 11) is 1.33. The van der Waals surface area contributed by atoms with Gasteiger partial charge in [0.05, 0.1) is 19.1 Å². The second-order valence-corrected chi connectivity index (χ2v) is 2.56. The van der Waals surface area contributed by atoms with Crippen LogP contribution in [-0.2, 0) is 9.53 Å². The maximum absolute atomic E-state index is 10.9. The highest BCUT2D eigenvalue weighted by molar-refractivity contribution is 5.76. The van der Waals surface area contributed by atoms with Crippen LogP contribution in [0.15, 0.2) is 0 Å². The average molecular weight is 146 g/mol. The predicted octanol–water partition coefficient (Wildman–Crippen LogP) is 0.568. The Morgan fingerprint density at radius 2 is 2.20 bits per heavy atom. The summed E-state index contributed by atoms with van der Waals surface area (Å²) < 4.78 is 4.50. The van der Waals surface area contributed by atoms with E-state index in [0.717, 1.165) is 0 Å². The smallest absolute Gasteiger partial charge is 0.313 e. The predicted molar refractivity (Wildman–Crippen MR) is 37.5 cm³/mol. The molecule has 0 radical (unpaired) electrons. The number of hydrogen-bond acceptors (Lipinski definition) is 3. The maximum Gasteiger partial charge on any atom is 0.313 e. The van der Waals surface area contributed by atoms with Crippen LogP contribution >= 0.6 is 0 Å². The van der Waals surface area contributed by atoms with E-state index in [1.807, 2.05) is 6.92 Å². The lowest BCUT2D eigenvalue weighted by atomic mass is 9.89. The zero-order valence-electron chi connectivity index (χ0n) is 6.68. The van der Waals surface area contributed by atoms with E-state index in [1.54, 1.807) is 6.92 Å². The topological polar surface area (TPSA) is 46.5 Å². The van der Waals surface area contributed by atoms with Crippen LogP contribution in [0, 0.1) is 5.41 Å². The van der Waals surface area contributed by atoms with E-state index in [4.69, 9.17) is 5.11 Å². The minimum atomic E-state index is -0.714. The largest absolute Gasteiger partial charge is 0.469 e. The van der Waals surface area contributed by atoms with Gasteiger partial charge in [-0.1, -0.05) is 6.92 Å².